The number of carbonyl (C=O) groups is 4. The zero-order chi connectivity index (χ0) is 25.2. The van der Waals surface area contributed by atoms with Gasteiger partial charge in [0.15, 0.2) is 0 Å². The third kappa shape index (κ3) is 7.30. The van der Waals surface area contributed by atoms with E-state index in [1.807, 2.05) is 43.3 Å². The van der Waals surface area contributed by atoms with Gasteiger partial charge in [-0.2, -0.15) is 0 Å². The number of hydrogen-bond acceptors (Lipinski definition) is 5. The molecule has 1 aliphatic rings. The Kier molecular flexibility index (Phi) is 9.23. The van der Waals surface area contributed by atoms with Crippen LogP contribution in [0.2, 0.25) is 0 Å². The molecule has 0 radical (unpaired) electrons. The standard InChI is InChI=1S/C26H31N3O6/c1-2-3-8-17(13-23(30)27-14-24(31)28-15-25(32)33)29-26(34)35-16-22-20-11-6-4-9-18(20)19-10-5-7-12-21(19)22/h4-7,9-12,17,22H,2-3,8,13-16H2,1H3,(H,27,30)(H,28,31)(H,29,34)(H,32,33)/t17-/m1/s1. The highest BCUT2D eigenvalue weighted by Crippen LogP contribution is 2.44. The van der Waals surface area contributed by atoms with Crippen LogP contribution < -0.4 is 16.0 Å². The molecule has 0 fully saturated rings. The highest BCUT2D eigenvalue weighted by atomic mass is 16.5. The minimum absolute atomic E-state index is 0.0175. The lowest BCUT2D eigenvalue weighted by atomic mass is 9.98. The smallest absolute Gasteiger partial charge is 0.407 e. The first-order chi connectivity index (χ1) is 16.9. The lowest BCUT2D eigenvalue weighted by Crippen LogP contribution is -2.43. The maximum atomic E-state index is 12.6. The normalized spacial score (nSPS) is 12.7. The van der Waals surface area contributed by atoms with Crippen LogP contribution >= 0.6 is 0 Å². The Balaban J connectivity index is 1.53. The molecule has 186 valence electrons. The summed E-state index contributed by atoms with van der Waals surface area (Å²) in [5.74, 6) is -2.25. The average molecular weight is 482 g/mol. The fourth-order valence-corrected chi connectivity index (χ4v) is 4.19. The van der Waals surface area contributed by atoms with Gasteiger partial charge in [-0.15, -0.1) is 0 Å². The molecule has 0 heterocycles. The monoisotopic (exact) mass is 481 g/mol. The van der Waals surface area contributed by atoms with E-state index >= 15 is 0 Å². The van der Waals surface area contributed by atoms with E-state index in [2.05, 4.69) is 28.1 Å². The van der Waals surface area contributed by atoms with E-state index in [9.17, 15) is 19.2 Å². The van der Waals surface area contributed by atoms with Gasteiger partial charge in [0, 0.05) is 18.4 Å². The third-order valence-corrected chi connectivity index (χ3v) is 5.89. The van der Waals surface area contributed by atoms with Crippen molar-refractivity contribution in [1.82, 2.24) is 16.0 Å². The van der Waals surface area contributed by atoms with Crippen molar-refractivity contribution in [2.45, 2.75) is 44.6 Å². The average Bonchev–Trinajstić information content (AvgIpc) is 3.17. The van der Waals surface area contributed by atoms with Crippen molar-refractivity contribution in [2.75, 3.05) is 19.7 Å². The summed E-state index contributed by atoms with van der Waals surface area (Å²) in [6.45, 7) is 1.34. The van der Waals surface area contributed by atoms with E-state index in [4.69, 9.17) is 9.84 Å². The van der Waals surface area contributed by atoms with Crippen molar-refractivity contribution in [2.24, 2.45) is 0 Å². The molecule has 0 unspecified atom stereocenters. The van der Waals surface area contributed by atoms with Crippen LogP contribution in [-0.2, 0) is 19.1 Å². The fourth-order valence-electron chi connectivity index (χ4n) is 4.19. The second-order valence-electron chi connectivity index (χ2n) is 8.46. The second-order valence-corrected chi connectivity index (χ2v) is 8.46. The van der Waals surface area contributed by atoms with E-state index in [0.29, 0.717) is 6.42 Å². The molecular weight excluding hydrogens is 450 g/mol. The van der Waals surface area contributed by atoms with Crippen molar-refractivity contribution < 1.29 is 29.0 Å². The molecule has 1 aliphatic carbocycles. The molecule has 2 aromatic rings. The Hall–Kier alpha value is -3.88. The van der Waals surface area contributed by atoms with Crippen molar-refractivity contribution in [1.29, 1.82) is 0 Å². The summed E-state index contributed by atoms with van der Waals surface area (Å²) >= 11 is 0. The second kappa shape index (κ2) is 12.5. The van der Waals surface area contributed by atoms with Gasteiger partial charge in [-0.05, 0) is 28.7 Å². The van der Waals surface area contributed by atoms with Crippen molar-refractivity contribution in [3.8, 4) is 11.1 Å². The van der Waals surface area contributed by atoms with Gasteiger partial charge in [-0.25, -0.2) is 4.79 Å². The molecule has 0 bridgehead atoms. The summed E-state index contributed by atoms with van der Waals surface area (Å²) in [5, 5.41) is 16.0. The Morgan fingerprint density at radius 1 is 0.914 bits per heavy atom. The molecule has 35 heavy (non-hydrogen) atoms. The predicted molar refractivity (Wildman–Crippen MR) is 130 cm³/mol. The maximum absolute atomic E-state index is 12.6. The molecule has 0 aromatic heterocycles. The number of aliphatic carboxylic acids is 1. The Morgan fingerprint density at radius 2 is 1.51 bits per heavy atom. The molecule has 9 heteroatoms. The zero-order valence-electron chi connectivity index (χ0n) is 19.7. The molecule has 4 N–H and O–H groups in total. The topological polar surface area (TPSA) is 134 Å². The van der Waals surface area contributed by atoms with Crippen LogP contribution in [0.4, 0.5) is 4.79 Å². The van der Waals surface area contributed by atoms with Crippen molar-refractivity contribution in [3.05, 3.63) is 59.7 Å². The lowest BCUT2D eigenvalue weighted by molar-refractivity contribution is -0.137. The molecule has 2 aromatic carbocycles. The number of nitrogens with one attached hydrogen (secondary N) is 3. The molecule has 0 saturated carbocycles. The molecule has 0 aliphatic heterocycles. The Labute approximate surface area is 204 Å². The van der Waals surface area contributed by atoms with Crippen LogP contribution in [0.3, 0.4) is 0 Å². The molecule has 3 amide bonds. The van der Waals surface area contributed by atoms with Gasteiger partial charge in [-0.3, -0.25) is 14.4 Å². The lowest BCUT2D eigenvalue weighted by Gasteiger charge is -2.20. The summed E-state index contributed by atoms with van der Waals surface area (Å²) in [4.78, 5) is 47.0. The van der Waals surface area contributed by atoms with Gasteiger partial charge in [-0.1, -0.05) is 68.3 Å². The zero-order valence-corrected chi connectivity index (χ0v) is 19.7. The quantitative estimate of drug-likeness (QED) is 0.368. The van der Waals surface area contributed by atoms with E-state index in [-0.39, 0.29) is 25.5 Å². The number of unbranched alkanes of at least 4 members (excludes halogenated alkanes) is 1. The SMILES string of the molecule is CCCC[C@H](CC(=O)NCC(=O)NCC(=O)O)NC(=O)OCC1c2ccccc2-c2ccccc21. The van der Waals surface area contributed by atoms with Gasteiger partial charge in [0.1, 0.15) is 13.2 Å². The first-order valence-electron chi connectivity index (χ1n) is 11.8. The molecule has 9 nitrogen and oxygen atoms in total. The summed E-state index contributed by atoms with van der Waals surface area (Å²) in [6, 6.07) is 15.7. The first-order valence-corrected chi connectivity index (χ1v) is 11.8. The van der Waals surface area contributed by atoms with Crippen molar-refractivity contribution >= 4 is 23.9 Å². The largest absolute Gasteiger partial charge is 0.480 e. The van der Waals surface area contributed by atoms with E-state index in [1.165, 1.54) is 0 Å². The van der Waals surface area contributed by atoms with Crippen LogP contribution in [0.15, 0.2) is 48.5 Å². The van der Waals surface area contributed by atoms with Crippen LogP contribution in [-0.4, -0.2) is 54.7 Å². The number of rotatable bonds is 12. The number of carboxylic acids is 1. The number of carboxylic acid groups (broad SMARTS) is 1. The molecular formula is C26H31N3O6. The predicted octanol–water partition coefficient (Wildman–Crippen LogP) is 2.79. The van der Waals surface area contributed by atoms with Gasteiger partial charge in [0.05, 0.1) is 6.54 Å². The number of fused-ring (bicyclic) bond motifs is 3. The van der Waals surface area contributed by atoms with Crippen LogP contribution in [0, 0.1) is 0 Å². The van der Waals surface area contributed by atoms with E-state index < -0.39 is 36.5 Å². The Morgan fingerprint density at radius 3 is 2.11 bits per heavy atom. The number of hydrogen-bond donors (Lipinski definition) is 4. The summed E-state index contributed by atoms with van der Waals surface area (Å²) in [7, 11) is 0. The van der Waals surface area contributed by atoms with E-state index in [1.54, 1.807) is 0 Å². The number of carbonyl (C=O) groups excluding carboxylic acids is 3. The first kappa shape index (κ1) is 25.7. The number of ether oxygens (including phenoxy) is 1. The highest BCUT2D eigenvalue weighted by Gasteiger charge is 2.29. The van der Waals surface area contributed by atoms with E-state index in [0.717, 1.165) is 35.1 Å². The third-order valence-electron chi connectivity index (χ3n) is 5.89. The maximum Gasteiger partial charge on any atom is 0.407 e. The number of amides is 3. The van der Waals surface area contributed by atoms with Crippen LogP contribution in [0.5, 0.6) is 0 Å². The van der Waals surface area contributed by atoms with Crippen LogP contribution in [0.25, 0.3) is 11.1 Å². The highest BCUT2D eigenvalue weighted by molar-refractivity contribution is 5.87. The van der Waals surface area contributed by atoms with Gasteiger partial charge in [0.25, 0.3) is 0 Å². The van der Waals surface area contributed by atoms with Gasteiger partial charge < -0.3 is 25.8 Å². The summed E-state index contributed by atoms with van der Waals surface area (Å²) < 4.78 is 5.58. The number of benzene rings is 2. The van der Waals surface area contributed by atoms with Gasteiger partial charge in [0.2, 0.25) is 11.8 Å². The molecule has 0 spiro atoms. The summed E-state index contributed by atoms with van der Waals surface area (Å²) in [6.07, 6.45) is 1.67. The minimum atomic E-state index is -1.17. The molecule has 0 saturated heterocycles. The summed E-state index contributed by atoms with van der Waals surface area (Å²) in [5.41, 5.74) is 4.51. The van der Waals surface area contributed by atoms with Crippen LogP contribution in [0.1, 0.15) is 49.7 Å². The molecule has 1 atom stereocenters. The molecule has 3 rings (SSSR count). The number of alkyl carbamates (subject to hydrolysis) is 1. The Bertz CT molecular complexity index is 1030. The fraction of sp³-hybridized carbons (Fsp3) is 0.385. The van der Waals surface area contributed by atoms with Gasteiger partial charge >= 0.3 is 12.1 Å². The van der Waals surface area contributed by atoms with Crippen molar-refractivity contribution in [3.63, 3.8) is 0 Å². The minimum Gasteiger partial charge on any atom is -0.480 e.